The van der Waals surface area contributed by atoms with Crippen LogP contribution >= 0.6 is 0 Å². The van der Waals surface area contributed by atoms with E-state index in [0.717, 1.165) is 15.4 Å². The van der Waals surface area contributed by atoms with Gasteiger partial charge in [0.15, 0.2) is 0 Å². The third-order valence-corrected chi connectivity index (χ3v) is 6.94. The van der Waals surface area contributed by atoms with Crippen molar-refractivity contribution < 1.29 is 8.42 Å². The van der Waals surface area contributed by atoms with Gasteiger partial charge in [0, 0.05) is 28.2 Å². The van der Waals surface area contributed by atoms with Crippen LogP contribution in [0, 0.1) is 0 Å². The quantitative estimate of drug-likeness (QED) is 0.568. The number of aromatic nitrogens is 2. The molecular formula is C23H25N3O4S. The zero-order valence-corrected chi connectivity index (χ0v) is 18.8. The van der Waals surface area contributed by atoms with E-state index in [2.05, 4.69) is 0 Å². The highest BCUT2D eigenvalue weighted by molar-refractivity contribution is 7.89. The lowest BCUT2D eigenvalue weighted by Crippen LogP contribution is -2.56. The maximum absolute atomic E-state index is 12.9. The summed E-state index contributed by atoms with van der Waals surface area (Å²) < 4.78 is 28.2. The molecule has 0 saturated carbocycles. The largest absolute Gasteiger partial charge is 0.306 e. The van der Waals surface area contributed by atoms with E-state index >= 15 is 0 Å². The zero-order chi connectivity index (χ0) is 22.8. The van der Waals surface area contributed by atoms with E-state index in [1.807, 2.05) is 30.3 Å². The Morgan fingerprint density at radius 1 is 0.839 bits per heavy atom. The maximum Gasteiger partial charge on any atom is 0.274 e. The number of rotatable bonds is 5. The molecule has 0 aliphatic rings. The Bertz CT molecular complexity index is 1430. The summed E-state index contributed by atoms with van der Waals surface area (Å²) in [5, 5.41) is 0.580. The lowest BCUT2D eigenvalue weighted by atomic mass is 10.1. The Morgan fingerprint density at radius 3 is 1.97 bits per heavy atom. The standard InChI is InChI=1S/C23H25N3O4S/c1-24(2)31(29,30)19-13-10-17(11-14-19)12-15-20-22(27)26(4)21(23(28)25(20)3)16-18-8-6-5-7-9-18/h5-11,13-16H,12H2,1-4H3. The minimum atomic E-state index is -3.50. The molecule has 0 spiro atoms. The number of benzene rings is 2. The van der Waals surface area contributed by atoms with Crippen molar-refractivity contribution in [2.75, 3.05) is 14.1 Å². The van der Waals surface area contributed by atoms with Crippen molar-refractivity contribution in [3.63, 3.8) is 0 Å². The van der Waals surface area contributed by atoms with E-state index in [9.17, 15) is 18.0 Å². The average Bonchev–Trinajstić information content (AvgIpc) is 2.76. The van der Waals surface area contributed by atoms with Gasteiger partial charge in [-0.25, -0.2) is 12.7 Å². The van der Waals surface area contributed by atoms with Crippen LogP contribution < -0.4 is 21.8 Å². The van der Waals surface area contributed by atoms with E-state index in [1.165, 1.54) is 35.4 Å². The Hall–Kier alpha value is -3.23. The summed E-state index contributed by atoms with van der Waals surface area (Å²) in [5.41, 5.74) is 1.10. The molecule has 0 aliphatic heterocycles. The molecule has 8 heteroatoms. The molecule has 162 valence electrons. The summed E-state index contributed by atoms with van der Waals surface area (Å²) in [6.07, 6.45) is 3.76. The van der Waals surface area contributed by atoms with Crippen molar-refractivity contribution in [2.24, 2.45) is 14.1 Å². The summed E-state index contributed by atoms with van der Waals surface area (Å²) in [5.74, 6) is 0. The molecule has 1 heterocycles. The first-order valence-electron chi connectivity index (χ1n) is 9.67. The first-order valence-corrected chi connectivity index (χ1v) is 11.1. The predicted molar refractivity (Wildman–Crippen MR) is 122 cm³/mol. The maximum atomic E-state index is 12.9. The van der Waals surface area contributed by atoms with Gasteiger partial charge >= 0.3 is 0 Å². The van der Waals surface area contributed by atoms with E-state index in [1.54, 1.807) is 38.4 Å². The van der Waals surface area contributed by atoms with Crippen molar-refractivity contribution in [1.29, 1.82) is 0 Å². The van der Waals surface area contributed by atoms with Crippen LogP contribution in [0.4, 0.5) is 0 Å². The molecule has 0 aliphatic carbocycles. The van der Waals surface area contributed by atoms with Gasteiger partial charge in [-0.15, -0.1) is 0 Å². The minimum absolute atomic E-state index is 0.199. The number of hydrogen-bond donors (Lipinski definition) is 0. The van der Waals surface area contributed by atoms with Crippen LogP contribution in [0.1, 0.15) is 11.1 Å². The van der Waals surface area contributed by atoms with Crippen molar-refractivity contribution in [1.82, 2.24) is 13.4 Å². The molecule has 0 fully saturated rings. The van der Waals surface area contributed by atoms with Gasteiger partial charge in [0.05, 0.1) is 4.90 Å². The summed E-state index contributed by atoms with van der Waals surface area (Å²) in [6, 6.07) is 15.8. The van der Waals surface area contributed by atoms with E-state index in [4.69, 9.17) is 0 Å². The summed E-state index contributed by atoms with van der Waals surface area (Å²) in [4.78, 5) is 26.0. The van der Waals surface area contributed by atoms with Gasteiger partial charge in [-0.2, -0.15) is 0 Å². The fraction of sp³-hybridized carbons (Fsp3) is 0.217. The number of nitrogens with zero attached hydrogens (tertiary/aromatic N) is 3. The highest BCUT2D eigenvalue weighted by atomic mass is 32.2. The monoisotopic (exact) mass is 439 g/mol. The molecule has 0 atom stereocenters. The first-order chi connectivity index (χ1) is 14.6. The molecule has 1 aromatic heterocycles. The third-order valence-electron chi connectivity index (χ3n) is 5.11. The van der Waals surface area contributed by atoms with Crippen LogP contribution in [0.3, 0.4) is 0 Å². The van der Waals surface area contributed by atoms with Crippen molar-refractivity contribution in [3.05, 3.63) is 97.1 Å². The van der Waals surface area contributed by atoms with E-state index in [-0.39, 0.29) is 21.4 Å². The van der Waals surface area contributed by atoms with Crippen LogP contribution in [-0.2, 0) is 30.5 Å². The Kier molecular flexibility index (Phi) is 6.42. The van der Waals surface area contributed by atoms with Gasteiger partial charge in [-0.05, 0) is 35.8 Å². The second-order valence-electron chi connectivity index (χ2n) is 7.39. The summed E-state index contributed by atoms with van der Waals surface area (Å²) in [6.45, 7) is 0. The van der Waals surface area contributed by atoms with Gasteiger partial charge in [-0.3, -0.25) is 9.59 Å². The highest BCUT2D eigenvalue weighted by Gasteiger charge is 2.16. The molecule has 0 amide bonds. The van der Waals surface area contributed by atoms with Crippen LogP contribution in [-0.4, -0.2) is 36.0 Å². The Labute approximate surface area is 180 Å². The van der Waals surface area contributed by atoms with Crippen LogP contribution in [0.15, 0.2) is 69.1 Å². The van der Waals surface area contributed by atoms with Gasteiger partial charge < -0.3 is 9.13 Å². The predicted octanol–water partition coefficient (Wildman–Crippen LogP) is 0.186. The third kappa shape index (κ3) is 4.60. The zero-order valence-electron chi connectivity index (χ0n) is 17.9. The normalized spacial score (nSPS) is 13.2. The first kappa shape index (κ1) is 22.5. The molecule has 0 N–H and O–H groups in total. The van der Waals surface area contributed by atoms with Gasteiger partial charge in [-0.1, -0.05) is 48.5 Å². The lowest BCUT2D eigenvalue weighted by Gasteiger charge is -2.11. The van der Waals surface area contributed by atoms with Crippen LogP contribution in [0.25, 0.3) is 12.2 Å². The van der Waals surface area contributed by atoms with Crippen molar-refractivity contribution in [3.8, 4) is 0 Å². The molecule has 3 aromatic rings. The molecule has 0 bridgehead atoms. The molecule has 0 unspecified atom stereocenters. The van der Waals surface area contributed by atoms with Gasteiger partial charge in [0.25, 0.3) is 11.1 Å². The van der Waals surface area contributed by atoms with E-state index in [0.29, 0.717) is 11.8 Å². The number of sulfonamides is 1. The minimum Gasteiger partial charge on any atom is -0.306 e. The molecule has 2 aromatic carbocycles. The van der Waals surface area contributed by atoms with Crippen LogP contribution in [0.5, 0.6) is 0 Å². The lowest BCUT2D eigenvalue weighted by molar-refractivity contribution is 0.520. The Morgan fingerprint density at radius 2 is 1.39 bits per heavy atom. The molecule has 31 heavy (non-hydrogen) atoms. The molecular weight excluding hydrogens is 414 g/mol. The number of hydrogen-bond acceptors (Lipinski definition) is 4. The van der Waals surface area contributed by atoms with Gasteiger partial charge in [0.2, 0.25) is 10.0 Å². The van der Waals surface area contributed by atoms with E-state index < -0.39 is 10.0 Å². The fourth-order valence-corrected chi connectivity index (χ4v) is 4.06. The Balaban J connectivity index is 2.02. The summed E-state index contributed by atoms with van der Waals surface area (Å²) >= 11 is 0. The smallest absolute Gasteiger partial charge is 0.274 e. The van der Waals surface area contributed by atoms with Crippen molar-refractivity contribution >= 4 is 22.2 Å². The average molecular weight is 440 g/mol. The second-order valence-corrected chi connectivity index (χ2v) is 9.55. The van der Waals surface area contributed by atoms with Gasteiger partial charge in [0.1, 0.15) is 10.7 Å². The topological polar surface area (TPSA) is 81.4 Å². The summed E-state index contributed by atoms with van der Waals surface area (Å²) in [7, 11) is 2.62. The molecule has 7 nitrogen and oxygen atoms in total. The second kappa shape index (κ2) is 8.87. The molecule has 0 radical (unpaired) electrons. The SMILES string of the molecule is CN(C)S(=O)(=O)c1ccc(CC=c2c(=O)n(C)c(=Cc3ccccc3)c(=O)n2C)cc1. The highest BCUT2D eigenvalue weighted by Crippen LogP contribution is 2.14. The van der Waals surface area contributed by atoms with Crippen molar-refractivity contribution in [2.45, 2.75) is 11.3 Å². The fourth-order valence-electron chi connectivity index (χ4n) is 3.16. The molecule has 0 saturated heterocycles. The molecule has 3 rings (SSSR count). The van der Waals surface area contributed by atoms with Crippen LogP contribution in [0.2, 0.25) is 0 Å².